The van der Waals surface area contributed by atoms with Gasteiger partial charge >= 0.3 is 0 Å². The van der Waals surface area contributed by atoms with Crippen molar-refractivity contribution in [1.82, 2.24) is 0 Å². The summed E-state index contributed by atoms with van der Waals surface area (Å²) in [6.07, 6.45) is 0. The highest BCUT2D eigenvalue weighted by Crippen LogP contribution is 2.48. The van der Waals surface area contributed by atoms with E-state index in [0.29, 0.717) is 0 Å². The average Bonchev–Trinajstić information content (AvgIpc) is 3.88. The number of hydrogen-bond donors (Lipinski definition) is 0. The molecule has 12 rings (SSSR count). The molecule has 0 N–H and O–H groups in total. The first-order chi connectivity index (χ1) is 25.3. The molecule has 0 aliphatic carbocycles. The van der Waals surface area contributed by atoms with Gasteiger partial charge < -0.3 is 13.3 Å². The van der Waals surface area contributed by atoms with Gasteiger partial charge in [-0.15, -0.1) is 0 Å². The highest BCUT2D eigenvalue weighted by Gasteiger charge is 2.23. The van der Waals surface area contributed by atoms with E-state index in [4.69, 9.17) is 13.3 Å². The number of para-hydroxylation sites is 2. The van der Waals surface area contributed by atoms with Gasteiger partial charge in [0, 0.05) is 32.3 Å². The summed E-state index contributed by atoms with van der Waals surface area (Å²) in [5.74, 6) is 0. The van der Waals surface area contributed by atoms with Gasteiger partial charge in [-0.3, -0.25) is 0 Å². The molecule has 3 aromatic heterocycles. The molecule has 3 nitrogen and oxygen atoms in total. The van der Waals surface area contributed by atoms with Crippen LogP contribution < -0.4 is 0 Å². The van der Waals surface area contributed by atoms with Gasteiger partial charge in [0.2, 0.25) is 0 Å². The Bertz CT molecular complexity index is 3370. The largest absolute Gasteiger partial charge is 0.456 e. The van der Waals surface area contributed by atoms with Crippen molar-refractivity contribution in [2.75, 3.05) is 0 Å². The molecular weight excluding hydrogens is 625 g/mol. The van der Waals surface area contributed by atoms with Crippen molar-refractivity contribution >= 4 is 98.1 Å². The first-order valence-corrected chi connectivity index (χ1v) is 17.3. The molecule has 0 amide bonds. The van der Waals surface area contributed by atoms with Gasteiger partial charge in [-0.05, 0) is 85.6 Å². The third-order valence-electron chi connectivity index (χ3n) is 10.8. The molecule has 0 saturated heterocycles. The Morgan fingerprint density at radius 3 is 1.41 bits per heavy atom. The number of hydrogen-bond acceptors (Lipinski definition) is 3. The predicted octanol–water partition coefficient (Wildman–Crippen LogP) is 14.2. The minimum Gasteiger partial charge on any atom is -0.456 e. The van der Waals surface area contributed by atoms with Crippen LogP contribution in [0, 0.1) is 0 Å². The molecule has 0 aliphatic heterocycles. The van der Waals surface area contributed by atoms with Crippen LogP contribution in [0.5, 0.6) is 0 Å². The molecule has 0 spiro atoms. The number of benzene rings is 9. The third-order valence-corrected chi connectivity index (χ3v) is 10.8. The summed E-state index contributed by atoms with van der Waals surface area (Å²) in [6, 6.07) is 56.0. The van der Waals surface area contributed by atoms with Gasteiger partial charge in [-0.25, -0.2) is 0 Å². The number of furan rings is 3. The Hall–Kier alpha value is -6.84. The molecule has 0 aliphatic rings. The van der Waals surface area contributed by atoms with E-state index >= 15 is 0 Å². The van der Waals surface area contributed by atoms with Gasteiger partial charge in [0.25, 0.3) is 0 Å². The lowest BCUT2D eigenvalue weighted by molar-refractivity contribution is 0.665. The monoisotopic (exact) mass is 650 g/mol. The molecule has 12 aromatic rings. The van der Waals surface area contributed by atoms with Crippen molar-refractivity contribution in [2.24, 2.45) is 0 Å². The maximum absolute atomic E-state index is 6.77. The summed E-state index contributed by atoms with van der Waals surface area (Å²) in [5.41, 5.74) is 9.98. The summed E-state index contributed by atoms with van der Waals surface area (Å²) >= 11 is 0. The minimum atomic E-state index is 0.862. The van der Waals surface area contributed by atoms with Crippen molar-refractivity contribution in [3.63, 3.8) is 0 Å². The van der Waals surface area contributed by atoms with Crippen LogP contribution in [0.15, 0.2) is 171 Å². The fourth-order valence-electron chi connectivity index (χ4n) is 8.69. The second-order valence-corrected chi connectivity index (χ2v) is 13.5. The van der Waals surface area contributed by atoms with E-state index in [1.165, 1.54) is 32.7 Å². The Balaban J connectivity index is 1.17. The van der Waals surface area contributed by atoms with Crippen LogP contribution in [-0.4, -0.2) is 0 Å². The van der Waals surface area contributed by atoms with E-state index in [1.807, 2.05) is 24.3 Å². The van der Waals surface area contributed by atoms with E-state index in [1.54, 1.807) is 0 Å². The van der Waals surface area contributed by atoms with E-state index in [-0.39, 0.29) is 0 Å². The highest BCUT2D eigenvalue weighted by molar-refractivity contribution is 6.34. The van der Waals surface area contributed by atoms with Crippen molar-refractivity contribution in [2.45, 2.75) is 0 Å². The fourth-order valence-corrected chi connectivity index (χ4v) is 8.69. The van der Waals surface area contributed by atoms with E-state index in [9.17, 15) is 0 Å². The van der Waals surface area contributed by atoms with Crippen LogP contribution in [0.1, 0.15) is 0 Å². The summed E-state index contributed by atoms with van der Waals surface area (Å²) in [5, 5.41) is 13.6. The van der Waals surface area contributed by atoms with Crippen molar-refractivity contribution in [3.05, 3.63) is 158 Å². The summed E-state index contributed by atoms with van der Waals surface area (Å²) in [4.78, 5) is 0. The van der Waals surface area contributed by atoms with E-state index < -0.39 is 0 Å². The number of rotatable bonds is 2. The molecule has 0 unspecified atom stereocenters. The smallest absolute Gasteiger partial charge is 0.147 e. The normalized spacial score (nSPS) is 12.3. The van der Waals surface area contributed by atoms with E-state index in [0.717, 1.165) is 87.7 Å². The molecule has 0 saturated carbocycles. The first-order valence-electron chi connectivity index (χ1n) is 17.3. The lowest BCUT2D eigenvalue weighted by Crippen LogP contribution is -1.90. The van der Waals surface area contributed by atoms with Crippen LogP contribution in [0.4, 0.5) is 0 Å². The molecule has 9 aromatic carbocycles. The summed E-state index contributed by atoms with van der Waals surface area (Å²) < 4.78 is 19.6. The molecule has 3 heteroatoms. The average molecular weight is 651 g/mol. The van der Waals surface area contributed by atoms with Crippen LogP contribution in [0.2, 0.25) is 0 Å². The van der Waals surface area contributed by atoms with Crippen LogP contribution in [0.25, 0.3) is 120 Å². The van der Waals surface area contributed by atoms with Crippen LogP contribution in [0.3, 0.4) is 0 Å². The minimum absolute atomic E-state index is 0.862. The Morgan fingerprint density at radius 2 is 0.725 bits per heavy atom. The molecule has 0 radical (unpaired) electrons. The van der Waals surface area contributed by atoms with Crippen LogP contribution >= 0.6 is 0 Å². The van der Waals surface area contributed by atoms with Gasteiger partial charge in [-0.2, -0.15) is 0 Å². The maximum Gasteiger partial charge on any atom is 0.147 e. The number of fused-ring (bicyclic) bond motifs is 15. The summed E-state index contributed by atoms with van der Waals surface area (Å²) in [7, 11) is 0. The molecule has 0 atom stereocenters. The first kappa shape index (κ1) is 27.0. The quantitative estimate of drug-likeness (QED) is 0.175. The second kappa shape index (κ2) is 9.87. The zero-order valence-corrected chi connectivity index (χ0v) is 27.2. The molecule has 236 valence electrons. The Kier molecular flexibility index (Phi) is 5.23. The summed E-state index contributed by atoms with van der Waals surface area (Å²) in [6.45, 7) is 0. The zero-order chi connectivity index (χ0) is 33.2. The molecule has 0 fully saturated rings. The predicted molar refractivity (Wildman–Crippen MR) is 212 cm³/mol. The third kappa shape index (κ3) is 3.62. The highest BCUT2D eigenvalue weighted by atomic mass is 16.3. The Labute approximate surface area is 290 Å². The van der Waals surface area contributed by atoms with Crippen molar-refractivity contribution < 1.29 is 13.3 Å². The van der Waals surface area contributed by atoms with Crippen molar-refractivity contribution in [3.8, 4) is 22.3 Å². The zero-order valence-electron chi connectivity index (χ0n) is 27.2. The molecular formula is C48H26O3. The van der Waals surface area contributed by atoms with Crippen molar-refractivity contribution in [1.29, 1.82) is 0 Å². The molecule has 3 heterocycles. The van der Waals surface area contributed by atoms with E-state index in [2.05, 4.69) is 133 Å². The van der Waals surface area contributed by atoms with Gasteiger partial charge in [0.15, 0.2) is 0 Å². The second-order valence-electron chi connectivity index (χ2n) is 13.5. The maximum atomic E-state index is 6.77. The topological polar surface area (TPSA) is 39.4 Å². The van der Waals surface area contributed by atoms with Gasteiger partial charge in [-0.1, -0.05) is 121 Å². The fraction of sp³-hybridized carbons (Fsp3) is 0. The molecule has 51 heavy (non-hydrogen) atoms. The lowest BCUT2D eigenvalue weighted by atomic mass is 9.85. The Morgan fingerprint density at radius 1 is 0.255 bits per heavy atom. The standard InChI is InChI=1S/C48H26O3/c1-3-14-33-31(12-1)43(32-13-2-4-15-34(32)44(33)28-21-23-30-29-11-7-9-19-39(29)49-42(30)26-28)27-22-24-41-38(25-27)45-35-16-5-6-17-36(35)47-46(48(45)51-41)37-18-8-10-20-40(37)50-47/h1-26H. The van der Waals surface area contributed by atoms with Gasteiger partial charge in [0.1, 0.15) is 33.5 Å². The SMILES string of the molecule is c1ccc2c(c1)oc1cc(-c3c4ccccc4c(-c4ccc5oc6c(c5c4)c4ccccc4c4oc5ccccc5c46)c4ccccc34)ccc12. The van der Waals surface area contributed by atoms with Crippen LogP contribution in [-0.2, 0) is 0 Å². The molecule has 0 bridgehead atoms. The van der Waals surface area contributed by atoms with Gasteiger partial charge in [0.05, 0.1) is 5.39 Å². The lowest BCUT2D eigenvalue weighted by Gasteiger charge is -2.17.